The first kappa shape index (κ1) is 22.8. The van der Waals surface area contributed by atoms with Crippen LogP contribution in [0.25, 0.3) is 0 Å². The molecule has 172 valence electrons. The zero-order valence-corrected chi connectivity index (χ0v) is 17.9. The van der Waals surface area contributed by atoms with Crippen LogP contribution >= 0.6 is 0 Å². The Balaban J connectivity index is 1.49. The van der Waals surface area contributed by atoms with Gasteiger partial charge in [-0.2, -0.15) is 0 Å². The maximum Gasteiger partial charge on any atom is 0.309 e. The topological polar surface area (TPSA) is 83.5 Å². The summed E-state index contributed by atoms with van der Waals surface area (Å²) in [6.07, 6.45) is -2.51. The van der Waals surface area contributed by atoms with Crippen molar-refractivity contribution in [1.29, 1.82) is 0 Å². The summed E-state index contributed by atoms with van der Waals surface area (Å²) in [5.74, 6) is -7.76. The second-order valence-electron chi connectivity index (χ2n) is 8.44. The van der Waals surface area contributed by atoms with Gasteiger partial charge in [-0.15, -0.1) is 0 Å². The fourth-order valence-electron chi connectivity index (χ4n) is 4.96. The lowest BCUT2D eigenvalue weighted by Crippen LogP contribution is -2.38. The van der Waals surface area contributed by atoms with Crippen molar-refractivity contribution in [3.63, 3.8) is 0 Å². The van der Waals surface area contributed by atoms with Crippen molar-refractivity contribution in [1.82, 2.24) is 0 Å². The average molecular weight is 467 g/mol. The third-order valence-electron chi connectivity index (χ3n) is 6.31. The summed E-state index contributed by atoms with van der Waals surface area (Å²) < 4.78 is 77.9. The first-order chi connectivity index (χ1) is 15.1. The van der Waals surface area contributed by atoms with E-state index in [1.54, 1.807) is 0 Å². The van der Waals surface area contributed by atoms with Crippen LogP contribution in [-0.2, 0) is 26.1 Å². The standard InChI is InChI=1S/C23H23F3O5S/c24-20(23(25,26)13-32(28,29)30)9-10-31-22(27)19-12-15-11-14-5-1-2-7-17(14)21(19)18-8-4-3-6-16(15)18/h1-8,15,19-21H,9-13H2,(H,28,29,30)/p-1. The maximum atomic E-state index is 13.9. The lowest BCUT2D eigenvalue weighted by Gasteiger charge is -2.34. The first-order valence-corrected chi connectivity index (χ1v) is 11.9. The van der Waals surface area contributed by atoms with E-state index in [4.69, 9.17) is 4.74 Å². The summed E-state index contributed by atoms with van der Waals surface area (Å²) in [4.78, 5) is 12.9. The van der Waals surface area contributed by atoms with E-state index >= 15 is 0 Å². The van der Waals surface area contributed by atoms with Crippen molar-refractivity contribution >= 4 is 16.1 Å². The summed E-state index contributed by atoms with van der Waals surface area (Å²) >= 11 is 0. The normalized spacial score (nSPS) is 23.1. The monoisotopic (exact) mass is 467 g/mol. The van der Waals surface area contributed by atoms with Crippen molar-refractivity contribution in [3.8, 4) is 0 Å². The molecule has 3 aliphatic rings. The van der Waals surface area contributed by atoms with Crippen LogP contribution in [-0.4, -0.2) is 43.4 Å². The summed E-state index contributed by atoms with van der Waals surface area (Å²) in [7, 11) is -5.30. The molecule has 0 aliphatic heterocycles. The molecule has 0 amide bonds. The molecule has 5 nitrogen and oxygen atoms in total. The summed E-state index contributed by atoms with van der Waals surface area (Å²) in [5, 5.41) is 0. The van der Waals surface area contributed by atoms with Crippen molar-refractivity contribution in [2.24, 2.45) is 5.92 Å². The van der Waals surface area contributed by atoms with Crippen molar-refractivity contribution in [2.75, 3.05) is 12.4 Å². The highest BCUT2D eigenvalue weighted by atomic mass is 32.2. The van der Waals surface area contributed by atoms with E-state index in [9.17, 15) is 30.9 Å². The smallest absolute Gasteiger partial charge is 0.309 e. The minimum absolute atomic E-state index is 0.101. The maximum absolute atomic E-state index is 13.9. The Kier molecular flexibility index (Phi) is 6.06. The lowest BCUT2D eigenvalue weighted by atomic mass is 9.70. The Morgan fingerprint density at radius 2 is 1.72 bits per heavy atom. The largest absolute Gasteiger partial charge is 0.748 e. The Morgan fingerprint density at radius 3 is 2.41 bits per heavy atom. The minimum Gasteiger partial charge on any atom is -0.748 e. The zero-order chi connectivity index (χ0) is 23.1. The summed E-state index contributed by atoms with van der Waals surface area (Å²) in [5.41, 5.74) is 4.39. The SMILES string of the molecule is O=C(OCCC(F)C(F)(F)CS(=O)(=O)[O-])C1CC2Cc3ccccc3C1c1ccccc12. The van der Waals surface area contributed by atoms with Gasteiger partial charge < -0.3 is 9.29 Å². The number of rotatable bonds is 7. The average Bonchev–Trinajstić information content (AvgIpc) is 2.97. The van der Waals surface area contributed by atoms with E-state index in [0.717, 1.165) is 23.1 Å². The van der Waals surface area contributed by atoms with E-state index in [1.165, 1.54) is 5.56 Å². The van der Waals surface area contributed by atoms with Crippen LogP contribution in [0.4, 0.5) is 13.2 Å². The second-order valence-corrected chi connectivity index (χ2v) is 9.84. The Morgan fingerprint density at radius 1 is 1.09 bits per heavy atom. The van der Waals surface area contributed by atoms with Gasteiger partial charge in [0.1, 0.15) is 15.9 Å². The third-order valence-corrected chi connectivity index (χ3v) is 7.05. The highest BCUT2D eigenvalue weighted by Crippen LogP contribution is 2.51. The van der Waals surface area contributed by atoms with Crippen LogP contribution in [0.2, 0.25) is 0 Å². The number of halogens is 3. The first-order valence-electron chi connectivity index (χ1n) is 10.4. The number of ether oxygens (including phenoxy) is 1. The van der Waals surface area contributed by atoms with Crippen molar-refractivity contribution in [3.05, 3.63) is 70.8 Å². The second kappa shape index (κ2) is 8.51. The lowest BCUT2D eigenvalue weighted by molar-refractivity contribution is -0.151. The molecule has 4 unspecified atom stereocenters. The number of alkyl halides is 3. The van der Waals surface area contributed by atoms with Gasteiger partial charge in [-0.25, -0.2) is 21.6 Å². The van der Waals surface area contributed by atoms with E-state index in [-0.39, 0.29) is 11.8 Å². The number of carbonyl (C=O) groups is 1. The molecule has 2 aromatic carbocycles. The number of carbonyl (C=O) groups excluding carboxylic acids is 1. The molecule has 0 N–H and O–H groups in total. The molecule has 32 heavy (non-hydrogen) atoms. The van der Waals surface area contributed by atoms with Crippen LogP contribution < -0.4 is 0 Å². The summed E-state index contributed by atoms with van der Waals surface area (Å²) in [6, 6.07) is 15.8. The van der Waals surface area contributed by atoms with Crippen LogP contribution in [0.15, 0.2) is 48.5 Å². The zero-order valence-electron chi connectivity index (χ0n) is 17.0. The molecule has 0 saturated carbocycles. The number of hydrogen-bond donors (Lipinski definition) is 0. The molecule has 2 bridgehead atoms. The number of fused-ring (bicyclic) bond motifs is 1. The highest BCUT2D eigenvalue weighted by Gasteiger charge is 2.45. The molecule has 0 radical (unpaired) electrons. The molecule has 0 saturated heterocycles. The van der Waals surface area contributed by atoms with Gasteiger partial charge >= 0.3 is 5.97 Å². The predicted octanol–water partition coefficient (Wildman–Crippen LogP) is 3.93. The molecule has 2 aromatic rings. The van der Waals surface area contributed by atoms with Gasteiger partial charge in [-0.05, 0) is 41.0 Å². The van der Waals surface area contributed by atoms with Crippen molar-refractivity contribution < 1.29 is 35.7 Å². The number of hydrogen-bond acceptors (Lipinski definition) is 5. The molecule has 3 aliphatic carbocycles. The van der Waals surface area contributed by atoms with Gasteiger partial charge in [-0.1, -0.05) is 48.5 Å². The van der Waals surface area contributed by atoms with Gasteiger partial charge in [0.15, 0.2) is 6.17 Å². The van der Waals surface area contributed by atoms with Gasteiger partial charge in [0.05, 0.1) is 12.5 Å². The van der Waals surface area contributed by atoms with Crippen LogP contribution in [0, 0.1) is 5.92 Å². The Hall–Kier alpha value is -2.39. The Labute approximate surface area is 184 Å². The molecule has 0 aromatic heterocycles. The predicted molar refractivity (Wildman–Crippen MR) is 109 cm³/mol. The van der Waals surface area contributed by atoms with Gasteiger partial charge in [0.25, 0.3) is 5.92 Å². The number of benzene rings is 2. The van der Waals surface area contributed by atoms with Crippen molar-refractivity contribution in [2.45, 2.75) is 43.2 Å². The number of esters is 1. The summed E-state index contributed by atoms with van der Waals surface area (Å²) in [6.45, 7) is -0.633. The van der Waals surface area contributed by atoms with Crippen LogP contribution in [0.1, 0.15) is 46.9 Å². The molecule has 4 atom stereocenters. The fourth-order valence-corrected chi connectivity index (χ4v) is 5.61. The van der Waals surface area contributed by atoms with E-state index in [2.05, 4.69) is 6.07 Å². The molecule has 9 heteroatoms. The molecule has 0 fully saturated rings. The van der Waals surface area contributed by atoms with E-state index in [1.807, 2.05) is 42.5 Å². The molecular formula is C23H22F3O5S-. The van der Waals surface area contributed by atoms with E-state index < -0.39 is 52.9 Å². The van der Waals surface area contributed by atoms with E-state index in [0.29, 0.717) is 6.42 Å². The Bertz CT molecular complexity index is 1120. The fraction of sp³-hybridized carbons (Fsp3) is 0.435. The third kappa shape index (κ3) is 4.54. The highest BCUT2D eigenvalue weighted by molar-refractivity contribution is 7.85. The van der Waals surface area contributed by atoms with Gasteiger partial charge in [0.2, 0.25) is 0 Å². The van der Waals surface area contributed by atoms with Crippen LogP contribution in [0.3, 0.4) is 0 Å². The van der Waals surface area contributed by atoms with Crippen LogP contribution in [0.5, 0.6) is 0 Å². The quantitative estimate of drug-likeness (QED) is 0.455. The minimum atomic E-state index is -5.30. The molecule has 5 rings (SSSR count). The molecule has 0 spiro atoms. The molecule has 0 heterocycles. The van der Waals surface area contributed by atoms with Gasteiger partial charge in [0, 0.05) is 12.3 Å². The molecular weight excluding hydrogens is 445 g/mol. The van der Waals surface area contributed by atoms with Gasteiger partial charge in [-0.3, -0.25) is 4.79 Å².